The van der Waals surface area contributed by atoms with Gasteiger partial charge < -0.3 is 33.8 Å². The van der Waals surface area contributed by atoms with E-state index in [1.165, 1.54) is 193 Å². The van der Waals surface area contributed by atoms with Gasteiger partial charge in [-0.15, -0.1) is 0 Å². The van der Waals surface area contributed by atoms with Crippen molar-refractivity contribution in [3.8, 4) is 0 Å². The molecule has 97 heavy (non-hydrogen) atoms. The maximum absolute atomic E-state index is 13.1. The summed E-state index contributed by atoms with van der Waals surface area (Å²) >= 11 is 0. The molecule has 0 aliphatic heterocycles. The molecule has 0 aliphatic rings. The summed E-state index contributed by atoms with van der Waals surface area (Å²) in [5.74, 6) is 0.977. The molecule has 0 aromatic rings. The predicted molar refractivity (Wildman–Crippen MR) is 395 cm³/mol. The van der Waals surface area contributed by atoms with E-state index in [9.17, 15) is 43.2 Å². The molecule has 0 fully saturated rings. The highest BCUT2D eigenvalue weighted by Crippen LogP contribution is 2.45. The number of carbonyl (C=O) groups excluding carboxylic acids is 4. The molecule has 17 nitrogen and oxygen atoms in total. The Balaban J connectivity index is 5.20. The van der Waals surface area contributed by atoms with Crippen molar-refractivity contribution < 1.29 is 80.2 Å². The van der Waals surface area contributed by atoms with Crippen molar-refractivity contribution in [1.82, 2.24) is 0 Å². The monoisotopic (exact) mass is 1420 g/mol. The fourth-order valence-corrected chi connectivity index (χ4v) is 13.4. The zero-order valence-electron chi connectivity index (χ0n) is 63.7. The number of phosphoric acid groups is 2. The van der Waals surface area contributed by atoms with Crippen LogP contribution < -0.4 is 0 Å². The average molecular weight is 1420 g/mol. The van der Waals surface area contributed by atoms with Crippen LogP contribution in [-0.2, 0) is 65.4 Å². The van der Waals surface area contributed by atoms with E-state index in [0.29, 0.717) is 25.7 Å². The molecule has 0 radical (unpaired) electrons. The summed E-state index contributed by atoms with van der Waals surface area (Å²) < 4.78 is 68.6. The van der Waals surface area contributed by atoms with E-state index in [-0.39, 0.29) is 25.7 Å². The summed E-state index contributed by atoms with van der Waals surface area (Å²) in [6, 6.07) is 0. The Bertz CT molecular complexity index is 1910. The van der Waals surface area contributed by atoms with Crippen LogP contribution >= 0.6 is 15.6 Å². The number of ether oxygens (including phenoxy) is 4. The van der Waals surface area contributed by atoms with Crippen molar-refractivity contribution in [1.29, 1.82) is 0 Å². The van der Waals surface area contributed by atoms with Gasteiger partial charge in [0, 0.05) is 25.7 Å². The summed E-state index contributed by atoms with van der Waals surface area (Å²) in [6.07, 6.45) is 52.8. The summed E-state index contributed by atoms with van der Waals surface area (Å²) in [6.45, 7) is 14.2. The fraction of sp³-hybridized carbons (Fsp3) is 0.949. The Morgan fingerprint density at radius 1 is 0.289 bits per heavy atom. The number of aliphatic hydroxyl groups is 1. The van der Waals surface area contributed by atoms with Gasteiger partial charge in [-0.05, 0) is 49.4 Å². The van der Waals surface area contributed by atoms with Crippen LogP contribution in [0.3, 0.4) is 0 Å². The van der Waals surface area contributed by atoms with Crippen molar-refractivity contribution in [3.05, 3.63) is 0 Å². The Kier molecular flexibility index (Phi) is 65.9. The first kappa shape index (κ1) is 95.1. The van der Waals surface area contributed by atoms with E-state index < -0.39 is 97.5 Å². The van der Waals surface area contributed by atoms with E-state index >= 15 is 0 Å². The van der Waals surface area contributed by atoms with Gasteiger partial charge in [-0.3, -0.25) is 37.3 Å². The number of hydrogen-bond acceptors (Lipinski definition) is 15. The average Bonchev–Trinajstić information content (AvgIpc) is 1.18. The first-order chi connectivity index (χ1) is 46.7. The third-order valence-electron chi connectivity index (χ3n) is 18.8. The molecule has 19 heteroatoms. The number of aliphatic hydroxyl groups excluding tert-OH is 1. The van der Waals surface area contributed by atoms with Gasteiger partial charge >= 0.3 is 39.5 Å². The number of carbonyl (C=O) groups is 4. The molecule has 4 unspecified atom stereocenters. The molecule has 0 aromatic heterocycles. The zero-order chi connectivity index (χ0) is 71.7. The van der Waals surface area contributed by atoms with Gasteiger partial charge in [0.15, 0.2) is 12.2 Å². The lowest BCUT2D eigenvalue weighted by Crippen LogP contribution is -2.30. The summed E-state index contributed by atoms with van der Waals surface area (Å²) in [4.78, 5) is 72.8. The van der Waals surface area contributed by atoms with Crippen LogP contribution in [0.25, 0.3) is 0 Å². The highest BCUT2D eigenvalue weighted by Gasteiger charge is 2.30. The highest BCUT2D eigenvalue weighted by atomic mass is 31.2. The molecular formula is C78H152O17P2. The first-order valence-electron chi connectivity index (χ1n) is 40.3. The summed E-state index contributed by atoms with van der Waals surface area (Å²) in [5.41, 5.74) is 0. The van der Waals surface area contributed by atoms with Gasteiger partial charge in [-0.25, -0.2) is 9.13 Å². The van der Waals surface area contributed by atoms with Crippen molar-refractivity contribution in [2.45, 2.75) is 414 Å². The standard InChI is InChI=1S/C78H152O17P2/c1-9-70(7)56-48-40-32-26-19-17-15-13-11-12-14-16-18-20-27-34-44-52-60-77(82)94-73(64-88-75(80)58-50-42-33-29-23-25-31-39-47-55-69(5)6)66-92-96(84,85)90-62-72(79)63-91-97(86,87)93-67-74(65-89-76(81)59-51-43-37-36-41-49-57-71(8)10-2)95-78(83)61-53-45-35-28-22-21-24-30-38-46-54-68(3)4/h68-74,79H,9-67H2,1-8H3,(H,84,85)(H,86,87)/t70?,71?,72-,73-,74-/m1/s1. The van der Waals surface area contributed by atoms with Crippen LogP contribution in [0, 0.1) is 23.7 Å². The number of rotatable bonds is 75. The van der Waals surface area contributed by atoms with E-state index in [1.807, 2.05) is 0 Å². The van der Waals surface area contributed by atoms with Crippen LogP contribution in [0.4, 0.5) is 0 Å². The minimum absolute atomic E-state index is 0.105. The quantitative estimate of drug-likeness (QED) is 0.0222. The van der Waals surface area contributed by atoms with Crippen molar-refractivity contribution >= 4 is 39.5 Å². The van der Waals surface area contributed by atoms with E-state index in [4.69, 9.17) is 37.0 Å². The van der Waals surface area contributed by atoms with E-state index in [1.54, 1.807) is 0 Å². The third-order valence-corrected chi connectivity index (χ3v) is 20.7. The van der Waals surface area contributed by atoms with Gasteiger partial charge in [0.05, 0.1) is 26.4 Å². The second kappa shape index (κ2) is 67.2. The van der Waals surface area contributed by atoms with Gasteiger partial charge in [-0.1, -0.05) is 344 Å². The van der Waals surface area contributed by atoms with Crippen LogP contribution in [0.5, 0.6) is 0 Å². The molecule has 0 heterocycles. The maximum Gasteiger partial charge on any atom is 0.472 e. The van der Waals surface area contributed by atoms with E-state index in [2.05, 4.69) is 55.4 Å². The first-order valence-corrected chi connectivity index (χ1v) is 43.3. The molecule has 3 N–H and O–H groups in total. The van der Waals surface area contributed by atoms with Crippen molar-refractivity contribution in [3.63, 3.8) is 0 Å². The van der Waals surface area contributed by atoms with Crippen LogP contribution in [-0.4, -0.2) is 96.7 Å². The van der Waals surface area contributed by atoms with Crippen LogP contribution in [0.15, 0.2) is 0 Å². The van der Waals surface area contributed by atoms with Crippen LogP contribution in [0.1, 0.15) is 396 Å². The number of hydrogen-bond donors (Lipinski definition) is 3. The summed E-state index contributed by atoms with van der Waals surface area (Å²) in [5, 5.41) is 10.6. The zero-order valence-corrected chi connectivity index (χ0v) is 65.5. The highest BCUT2D eigenvalue weighted by molar-refractivity contribution is 7.47. The fourth-order valence-electron chi connectivity index (χ4n) is 11.8. The lowest BCUT2D eigenvalue weighted by Gasteiger charge is -2.21. The van der Waals surface area contributed by atoms with Gasteiger partial charge in [-0.2, -0.15) is 0 Å². The number of unbranched alkanes of at least 4 members (excludes halogenated alkanes) is 39. The molecule has 0 spiro atoms. The lowest BCUT2D eigenvalue weighted by atomic mass is 9.99. The molecule has 0 saturated carbocycles. The lowest BCUT2D eigenvalue weighted by molar-refractivity contribution is -0.161. The molecule has 0 saturated heterocycles. The maximum atomic E-state index is 13.1. The Hall–Kier alpha value is -1.94. The number of esters is 4. The van der Waals surface area contributed by atoms with E-state index in [0.717, 1.165) is 120 Å². The van der Waals surface area contributed by atoms with Gasteiger partial charge in [0.2, 0.25) is 0 Å². The predicted octanol–water partition coefficient (Wildman–Crippen LogP) is 22.8. The Morgan fingerprint density at radius 2 is 0.495 bits per heavy atom. The topological polar surface area (TPSA) is 237 Å². The minimum Gasteiger partial charge on any atom is -0.462 e. The molecule has 0 aliphatic carbocycles. The largest absolute Gasteiger partial charge is 0.472 e. The van der Waals surface area contributed by atoms with Gasteiger partial charge in [0.25, 0.3) is 0 Å². The SMILES string of the molecule is CCC(C)CCCCCCCCCCCCCCCCCCCCC(=O)O[C@H](COC(=O)CCCCCCCCCCCC(C)C)COP(=O)(O)OC[C@@H](O)COP(=O)(O)OC[C@@H](COC(=O)CCCCCCCCC(C)CC)OC(=O)CCCCCCCCCCCCC(C)C. The smallest absolute Gasteiger partial charge is 0.462 e. The second-order valence-corrected chi connectivity index (χ2v) is 32.4. The molecule has 576 valence electrons. The normalized spacial score (nSPS) is 14.6. The third kappa shape index (κ3) is 69.5. The number of phosphoric ester groups is 2. The second-order valence-electron chi connectivity index (χ2n) is 29.5. The summed E-state index contributed by atoms with van der Waals surface area (Å²) in [7, 11) is -9.92. The molecule has 0 bridgehead atoms. The van der Waals surface area contributed by atoms with Crippen molar-refractivity contribution in [2.24, 2.45) is 23.7 Å². The molecule has 0 amide bonds. The Morgan fingerprint density at radius 3 is 0.732 bits per heavy atom. The minimum atomic E-state index is -4.96. The molecule has 0 rings (SSSR count). The van der Waals surface area contributed by atoms with Crippen molar-refractivity contribution in [2.75, 3.05) is 39.6 Å². The van der Waals surface area contributed by atoms with Gasteiger partial charge in [0.1, 0.15) is 19.3 Å². The molecular weight excluding hydrogens is 1270 g/mol. The molecule has 7 atom stereocenters. The Labute approximate surface area is 594 Å². The van der Waals surface area contributed by atoms with Crippen LogP contribution in [0.2, 0.25) is 0 Å². The molecule has 0 aromatic carbocycles.